The molecule has 0 radical (unpaired) electrons. The molecule has 11 heavy (non-hydrogen) atoms. The van der Waals surface area contributed by atoms with E-state index >= 15 is 0 Å². The second-order valence-corrected chi connectivity index (χ2v) is 2.70. The molecule has 3 nitrogen and oxygen atoms in total. The fourth-order valence-electron chi connectivity index (χ4n) is 0.654. The molecular formula is C7H8ClNO2. The number of anilines is 1. The van der Waals surface area contributed by atoms with Crippen molar-refractivity contribution in [3.63, 3.8) is 0 Å². The Morgan fingerprint density at radius 3 is 2.55 bits per heavy atom. The predicted octanol–water partition coefficient (Wildman–Crippen LogP) is 1.36. The summed E-state index contributed by atoms with van der Waals surface area (Å²) in [7, 11) is 3.54. The molecule has 0 aliphatic heterocycles. The van der Waals surface area contributed by atoms with Crippen LogP contribution in [0.4, 0.5) is 5.88 Å². The van der Waals surface area contributed by atoms with Gasteiger partial charge in [0.1, 0.15) is 0 Å². The van der Waals surface area contributed by atoms with Crippen LogP contribution in [0.5, 0.6) is 0 Å². The summed E-state index contributed by atoms with van der Waals surface area (Å²) in [5, 5.41) is 0.112. The van der Waals surface area contributed by atoms with Gasteiger partial charge in [0.25, 0.3) is 0 Å². The Labute approximate surface area is 69.2 Å². The van der Waals surface area contributed by atoms with Crippen LogP contribution in [0.15, 0.2) is 21.3 Å². The maximum atomic E-state index is 10.8. The summed E-state index contributed by atoms with van der Waals surface area (Å²) in [6.07, 6.45) is 0. The van der Waals surface area contributed by atoms with Crippen molar-refractivity contribution in [2.75, 3.05) is 19.0 Å². The summed E-state index contributed by atoms with van der Waals surface area (Å²) < 4.78 is 5.01. The lowest BCUT2D eigenvalue weighted by atomic mass is 10.5. The van der Waals surface area contributed by atoms with E-state index < -0.39 is 0 Å². The Morgan fingerprint density at radius 2 is 2.09 bits per heavy atom. The average Bonchev–Trinajstić information content (AvgIpc) is 1.85. The molecule has 0 spiro atoms. The van der Waals surface area contributed by atoms with E-state index in [0.717, 1.165) is 0 Å². The van der Waals surface area contributed by atoms with Crippen molar-refractivity contribution < 1.29 is 4.42 Å². The molecule has 0 aliphatic rings. The fraction of sp³-hybridized carbons (Fsp3) is 0.286. The maximum absolute atomic E-state index is 10.8. The normalized spacial score (nSPS) is 9.73. The molecule has 0 aromatic carbocycles. The molecule has 60 valence electrons. The van der Waals surface area contributed by atoms with E-state index in [1.54, 1.807) is 19.0 Å². The van der Waals surface area contributed by atoms with E-state index in [9.17, 15) is 4.79 Å². The topological polar surface area (TPSA) is 33.5 Å². The van der Waals surface area contributed by atoms with E-state index in [4.69, 9.17) is 16.0 Å². The molecule has 0 aliphatic carbocycles. The average molecular weight is 174 g/mol. The Hall–Kier alpha value is -0.960. The molecule has 0 bridgehead atoms. The van der Waals surface area contributed by atoms with Crippen LogP contribution in [0.1, 0.15) is 0 Å². The minimum absolute atomic E-state index is 0.112. The zero-order chi connectivity index (χ0) is 8.43. The third-order valence-corrected chi connectivity index (χ3v) is 1.35. The van der Waals surface area contributed by atoms with Gasteiger partial charge in [-0.05, 0) is 11.6 Å². The quantitative estimate of drug-likeness (QED) is 0.643. The standard InChI is InChI=1S/C7H8ClNO2/c1-9(2)7-4-5(10)3-6(8)11-7/h3-4H,1-2H3. The van der Waals surface area contributed by atoms with Crippen LogP contribution in [-0.4, -0.2) is 14.1 Å². The second-order valence-electron chi connectivity index (χ2n) is 2.33. The summed E-state index contributed by atoms with van der Waals surface area (Å²) in [5.41, 5.74) is -0.148. The van der Waals surface area contributed by atoms with Crippen molar-refractivity contribution in [1.29, 1.82) is 0 Å². The minimum atomic E-state index is -0.148. The van der Waals surface area contributed by atoms with Crippen LogP contribution in [0.3, 0.4) is 0 Å². The van der Waals surface area contributed by atoms with Crippen molar-refractivity contribution in [2.45, 2.75) is 0 Å². The van der Waals surface area contributed by atoms with Crippen LogP contribution in [-0.2, 0) is 0 Å². The lowest BCUT2D eigenvalue weighted by Gasteiger charge is -2.08. The molecule has 0 saturated heterocycles. The third-order valence-electron chi connectivity index (χ3n) is 1.16. The third kappa shape index (κ3) is 1.98. The van der Waals surface area contributed by atoms with E-state index in [1.165, 1.54) is 12.1 Å². The molecule has 0 fully saturated rings. The Morgan fingerprint density at radius 1 is 1.45 bits per heavy atom. The van der Waals surface area contributed by atoms with Crippen LogP contribution in [0.25, 0.3) is 0 Å². The van der Waals surface area contributed by atoms with Gasteiger partial charge < -0.3 is 9.32 Å². The van der Waals surface area contributed by atoms with Crippen molar-refractivity contribution in [2.24, 2.45) is 0 Å². The van der Waals surface area contributed by atoms with Gasteiger partial charge in [0, 0.05) is 26.2 Å². The highest BCUT2D eigenvalue weighted by molar-refractivity contribution is 6.28. The number of hydrogen-bond acceptors (Lipinski definition) is 3. The van der Waals surface area contributed by atoms with E-state index in [1.807, 2.05) is 0 Å². The van der Waals surface area contributed by atoms with Gasteiger partial charge in [-0.3, -0.25) is 4.79 Å². The van der Waals surface area contributed by atoms with Gasteiger partial charge in [-0.1, -0.05) is 0 Å². The van der Waals surface area contributed by atoms with Gasteiger partial charge in [-0.15, -0.1) is 0 Å². The van der Waals surface area contributed by atoms with Crippen molar-refractivity contribution in [1.82, 2.24) is 0 Å². The lowest BCUT2D eigenvalue weighted by molar-refractivity contribution is 0.549. The number of halogens is 1. The van der Waals surface area contributed by atoms with Crippen LogP contribution < -0.4 is 10.3 Å². The SMILES string of the molecule is CN(C)c1cc(=O)cc(Cl)o1. The zero-order valence-corrected chi connectivity index (χ0v) is 7.05. The Bertz CT molecular complexity index is 306. The molecular weight excluding hydrogens is 166 g/mol. The molecule has 0 saturated carbocycles. The molecule has 0 amide bonds. The van der Waals surface area contributed by atoms with Gasteiger partial charge >= 0.3 is 0 Å². The smallest absolute Gasteiger partial charge is 0.200 e. The van der Waals surface area contributed by atoms with Crippen LogP contribution in [0.2, 0.25) is 5.22 Å². The molecule has 1 heterocycles. The minimum Gasteiger partial charge on any atom is -0.429 e. The first kappa shape index (κ1) is 8.14. The second kappa shape index (κ2) is 2.96. The molecule has 0 atom stereocenters. The number of nitrogens with zero attached hydrogens (tertiary/aromatic N) is 1. The molecule has 1 rings (SSSR count). The van der Waals surface area contributed by atoms with E-state index in [2.05, 4.69) is 0 Å². The van der Waals surface area contributed by atoms with Gasteiger partial charge in [-0.25, -0.2) is 0 Å². The van der Waals surface area contributed by atoms with Gasteiger partial charge in [0.15, 0.2) is 10.6 Å². The molecule has 0 unspecified atom stereocenters. The highest BCUT2D eigenvalue weighted by Gasteiger charge is 2.00. The van der Waals surface area contributed by atoms with Gasteiger partial charge in [0.2, 0.25) is 5.88 Å². The highest BCUT2D eigenvalue weighted by atomic mass is 35.5. The predicted molar refractivity (Wildman–Crippen MR) is 44.3 cm³/mol. The van der Waals surface area contributed by atoms with Crippen LogP contribution in [0, 0.1) is 0 Å². The van der Waals surface area contributed by atoms with E-state index in [0.29, 0.717) is 5.88 Å². The lowest BCUT2D eigenvalue weighted by Crippen LogP contribution is -2.11. The molecule has 1 aromatic heterocycles. The first-order valence-corrected chi connectivity index (χ1v) is 3.45. The maximum Gasteiger partial charge on any atom is 0.200 e. The summed E-state index contributed by atoms with van der Waals surface area (Å²) in [5.74, 6) is 0.461. The number of rotatable bonds is 1. The Balaban J connectivity index is 3.19. The van der Waals surface area contributed by atoms with Gasteiger partial charge in [0.05, 0.1) is 0 Å². The highest BCUT2D eigenvalue weighted by Crippen LogP contribution is 2.13. The van der Waals surface area contributed by atoms with Crippen LogP contribution >= 0.6 is 11.6 Å². The van der Waals surface area contributed by atoms with Crippen molar-refractivity contribution in [3.05, 3.63) is 27.6 Å². The monoisotopic (exact) mass is 173 g/mol. The largest absolute Gasteiger partial charge is 0.429 e. The molecule has 4 heteroatoms. The molecule has 1 aromatic rings. The van der Waals surface area contributed by atoms with E-state index in [-0.39, 0.29) is 10.6 Å². The first-order chi connectivity index (χ1) is 5.09. The van der Waals surface area contributed by atoms with Crippen molar-refractivity contribution >= 4 is 17.5 Å². The summed E-state index contributed by atoms with van der Waals surface area (Å²) >= 11 is 5.50. The summed E-state index contributed by atoms with van der Waals surface area (Å²) in [6, 6.07) is 2.61. The first-order valence-electron chi connectivity index (χ1n) is 3.07. The summed E-state index contributed by atoms with van der Waals surface area (Å²) in [6.45, 7) is 0. The summed E-state index contributed by atoms with van der Waals surface area (Å²) in [4.78, 5) is 12.5. The van der Waals surface area contributed by atoms with Crippen molar-refractivity contribution in [3.8, 4) is 0 Å². The van der Waals surface area contributed by atoms with Gasteiger partial charge in [-0.2, -0.15) is 0 Å². The zero-order valence-electron chi connectivity index (χ0n) is 6.30. The Kier molecular flexibility index (Phi) is 2.19. The fourth-order valence-corrected chi connectivity index (χ4v) is 0.841. The molecule has 0 N–H and O–H groups in total. The number of hydrogen-bond donors (Lipinski definition) is 0.